The summed E-state index contributed by atoms with van der Waals surface area (Å²) in [5.74, 6) is 0.152. The summed E-state index contributed by atoms with van der Waals surface area (Å²) in [7, 11) is 0. The Balaban J connectivity index is 2.18. The van der Waals surface area contributed by atoms with Crippen molar-refractivity contribution in [1.29, 1.82) is 0 Å². The lowest BCUT2D eigenvalue weighted by atomic mass is 10.3. The fourth-order valence-corrected chi connectivity index (χ4v) is 1.74. The molecule has 0 radical (unpaired) electrons. The minimum atomic E-state index is -0.385. The third-order valence-electron chi connectivity index (χ3n) is 2.33. The van der Waals surface area contributed by atoms with Crippen LogP contribution < -0.4 is 0 Å². The molecule has 0 aromatic carbocycles. The van der Waals surface area contributed by atoms with E-state index < -0.39 is 0 Å². The van der Waals surface area contributed by atoms with Crippen molar-refractivity contribution < 1.29 is 4.39 Å². The summed E-state index contributed by atoms with van der Waals surface area (Å²) < 4.78 is 12.7. The number of H-pyrrole nitrogens is 1. The Hall–Kier alpha value is -2.01. The van der Waals surface area contributed by atoms with Crippen molar-refractivity contribution >= 4 is 22.6 Å². The predicted molar refractivity (Wildman–Crippen MR) is 62.1 cm³/mol. The maximum absolute atomic E-state index is 12.7. The number of fused-ring (bicyclic) bond motifs is 1. The topological polar surface area (TPSA) is 54.5 Å². The van der Waals surface area contributed by atoms with Crippen molar-refractivity contribution in [2.45, 2.75) is 0 Å². The van der Waals surface area contributed by atoms with Crippen molar-refractivity contribution in [2.24, 2.45) is 0 Å². The van der Waals surface area contributed by atoms with E-state index in [0.29, 0.717) is 22.2 Å². The van der Waals surface area contributed by atoms with Crippen molar-refractivity contribution in [1.82, 2.24) is 19.9 Å². The van der Waals surface area contributed by atoms with E-state index in [9.17, 15) is 4.39 Å². The number of aromatic amines is 1. The second kappa shape index (κ2) is 3.78. The van der Waals surface area contributed by atoms with Gasteiger partial charge in [-0.15, -0.1) is 0 Å². The van der Waals surface area contributed by atoms with Crippen LogP contribution in [0.2, 0.25) is 5.15 Å². The lowest BCUT2D eigenvalue weighted by Gasteiger charge is -1.93. The van der Waals surface area contributed by atoms with Crippen LogP contribution in [0.1, 0.15) is 0 Å². The molecular formula is C11H6ClFN4. The Morgan fingerprint density at radius 2 is 2.06 bits per heavy atom. The average molecular weight is 249 g/mol. The zero-order chi connectivity index (χ0) is 11.8. The minimum absolute atomic E-state index is 0.326. The summed E-state index contributed by atoms with van der Waals surface area (Å²) in [6, 6.07) is 4.64. The maximum atomic E-state index is 12.7. The van der Waals surface area contributed by atoms with Gasteiger partial charge in [-0.2, -0.15) is 0 Å². The monoisotopic (exact) mass is 248 g/mol. The van der Waals surface area contributed by atoms with Crippen LogP contribution >= 0.6 is 11.6 Å². The highest BCUT2D eigenvalue weighted by Gasteiger charge is 2.09. The number of pyridine rings is 2. The van der Waals surface area contributed by atoms with Crippen LogP contribution in [0.3, 0.4) is 0 Å². The summed E-state index contributed by atoms with van der Waals surface area (Å²) in [6.45, 7) is 0. The van der Waals surface area contributed by atoms with Gasteiger partial charge in [0, 0.05) is 6.20 Å². The Kier molecular flexibility index (Phi) is 2.26. The van der Waals surface area contributed by atoms with Gasteiger partial charge < -0.3 is 4.98 Å². The van der Waals surface area contributed by atoms with E-state index in [1.165, 1.54) is 6.07 Å². The zero-order valence-electron chi connectivity index (χ0n) is 8.48. The van der Waals surface area contributed by atoms with Gasteiger partial charge >= 0.3 is 0 Å². The first-order valence-corrected chi connectivity index (χ1v) is 5.24. The van der Waals surface area contributed by atoms with Gasteiger partial charge in [0.1, 0.15) is 17.0 Å². The third kappa shape index (κ3) is 1.74. The summed E-state index contributed by atoms with van der Waals surface area (Å²) in [4.78, 5) is 15.2. The second-order valence-corrected chi connectivity index (χ2v) is 3.80. The van der Waals surface area contributed by atoms with Gasteiger partial charge in [0.15, 0.2) is 11.0 Å². The predicted octanol–water partition coefficient (Wildman–Crippen LogP) is 2.81. The smallest absolute Gasteiger partial charge is 0.157 e. The summed E-state index contributed by atoms with van der Waals surface area (Å²) >= 11 is 5.91. The van der Waals surface area contributed by atoms with Crippen molar-refractivity contribution in [3.05, 3.63) is 41.6 Å². The molecule has 0 saturated carbocycles. The molecule has 3 rings (SSSR count). The number of halogens is 2. The highest BCUT2D eigenvalue weighted by molar-refractivity contribution is 6.33. The molecule has 0 amide bonds. The maximum Gasteiger partial charge on any atom is 0.157 e. The first-order valence-electron chi connectivity index (χ1n) is 4.86. The molecule has 17 heavy (non-hydrogen) atoms. The van der Waals surface area contributed by atoms with E-state index in [0.717, 1.165) is 11.7 Å². The first-order chi connectivity index (χ1) is 8.24. The third-order valence-corrected chi connectivity index (χ3v) is 2.60. The van der Waals surface area contributed by atoms with Gasteiger partial charge in [-0.3, -0.25) is 0 Å². The largest absolute Gasteiger partial charge is 0.337 e. The quantitative estimate of drug-likeness (QED) is 0.674. The minimum Gasteiger partial charge on any atom is -0.337 e. The molecule has 0 unspecified atom stereocenters. The van der Waals surface area contributed by atoms with Crippen molar-refractivity contribution in [3.63, 3.8) is 0 Å². The SMILES string of the molecule is Fc1ccc(-c2nc3c(Cl)nccc3[nH]2)nc1. The average Bonchev–Trinajstić information content (AvgIpc) is 2.75. The van der Waals surface area contributed by atoms with E-state index >= 15 is 0 Å². The lowest BCUT2D eigenvalue weighted by Crippen LogP contribution is -1.86. The van der Waals surface area contributed by atoms with Gasteiger partial charge in [-0.25, -0.2) is 19.3 Å². The van der Waals surface area contributed by atoms with Crippen molar-refractivity contribution in [2.75, 3.05) is 0 Å². The molecule has 4 nitrogen and oxygen atoms in total. The molecule has 0 spiro atoms. The molecule has 84 valence electrons. The molecule has 0 fully saturated rings. The Morgan fingerprint density at radius 1 is 1.18 bits per heavy atom. The molecule has 0 bridgehead atoms. The molecule has 3 aromatic rings. The number of imidazole rings is 1. The second-order valence-electron chi connectivity index (χ2n) is 3.44. The number of hydrogen-bond donors (Lipinski definition) is 1. The van der Waals surface area contributed by atoms with Crippen LogP contribution in [-0.2, 0) is 0 Å². The molecule has 0 aliphatic carbocycles. The fourth-order valence-electron chi connectivity index (χ4n) is 1.54. The normalized spacial score (nSPS) is 10.9. The number of nitrogens with zero attached hydrogens (tertiary/aromatic N) is 3. The van der Waals surface area contributed by atoms with Gasteiger partial charge in [0.25, 0.3) is 0 Å². The molecular weight excluding hydrogens is 243 g/mol. The summed E-state index contributed by atoms with van der Waals surface area (Å²) in [5.41, 5.74) is 1.90. The first kappa shape index (κ1) is 10.2. The van der Waals surface area contributed by atoms with Crippen LogP contribution in [0.25, 0.3) is 22.6 Å². The van der Waals surface area contributed by atoms with Gasteiger partial charge in [0.2, 0.25) is 0 Å². The number of rotatable bonds is 1. The molecule has 0 aliphatic rings. The molecule has 0 saturated heterocycles. The van der Waals surface area contributed by atoms with Crippen LogP contribution in [0.4, 0.5) is 4.39 Å². The lowest BCUT2D eigenvalue weighted by molar-refractivity contribution is 0.621. The van der Waals surface area contributed by atoms with Crippen LogP contribution in [0.15, 0.2) is 30.6 Å². The molecule has 1 N–H and O–H groups in total. The fraction of sp³-hybridized carbons (Fsp3) is 0. The molecule has 0 aliphatic heterocycles. The zero-order valence-corrected chi connectivity index (χ0v) is 9.24. The van der Waals surface area contributed by atoms with E-state index in [1.54, 1.807) is 18.3 Å². The van der Waals surface area contributed by atoms with E-state index in [1.807, 2.05) is 0 Å². The van der Waals surface area contributed by atoms with Gasteiger partial charge in [-0.1, -0.05) is 11.6 Å². The Morgan fingerprint density at radius 3 is 2.76 bits per heavy atom. The van der Waals surface area contributed by atoms with Crippen LogP contribution in [-0.4, -0.2) is 19.9 Å². The highest BCUT2D eigenvalue weighted by Crippen LogP contribution is 2.22. The summed E-state index contributed by atoms with van der Waals surface area (Å²) in [6.07, 6.45) is 2.73. The van der Waals surface area contributed by atoms with Gasteiger partial charge in [-0.05, 0) is 18.2 Å². The van der Waals surface area contributed by atoms with E-state index in [-0.39, 0.29) is 5.82 Å². The number of nitrogens with one attached hydrogen (secondary N) is 1. The standard InChI is InChI=1S/C11H6ClFN4/c12-10-9-7(3-4-14-10)16-11(17-9)8-2-1-6(13)5-15-8/h1-5H,(H,16,17). The number of aromatic nitrogens is 4. The Labute approximate surface area is 101 Å². The highest BCUT2D eigenvalue weighted by atomic mass is 35.5. The summed E-state index contributed by atoms with van der Waals surface area (Å²) in [5, 5.41) is 0.326. The van der Waals surface area contributed by atoms with Crippen molar-refractivity contribution in [3.8, 4) is 11.5 Å². The van der Waals surface area contributed by atoms with Gasteiger partial charge in [0.05, 0.1) is 11.7 Å². The molecule has 3 aromatic heterocycles. The van der Waals surface area contributed by atoms with E-state index in [2.05, 4.69) is 19.9 Å². The van der Waals surface area contributed by atoms with E-state index in [4.69, 9.17) is 11.6 Å². The molecule has 3 heterocycles. The van der Waals surface area contributed by atoms with Crippen LogP contribution in [0.5, 0.6) is 0 Å². The van der Waals surface area contributed by atoms with Crippen LogP contribution in [0, 0.1) is 5.82 Å². The molecule has 6 heteroatoms. The Bertz CT molecular complexity index is 678. The number of hydrogen-bond acceptors (Lipinski definition) is 3. The molecule has 0 atom stereocenters.